The summed E-state index contributed by atoms with van der Waals surface area (Å²) < 4.78 is 22.5. The molecule has 4 atom stereocenters. The average molecular weight is 499 g/mol. The number of rotatable bonds is 7. The fraction of sp³-hybridized carbons (Fsp3) is 0.586. The van der Waals surface area contributed by atoms with E-state index < -0.39 is 0 Å². The van der Waals surface area contributed by atoms with Gasteiger partial charge in [0.15, 0.2) is 23.0 Å². The van der Waals surface area contributed by atoms with Gasteiger partial charge in [-0.15, -0.1) is 0 Å². The molecule has 0 unspecified atom stereocenters. The van der Waals surface area contributed by atoms with Crippen LogP contribution in [-0.4, -0.2) is 58.4 Å². The van der Waals surface area contributed by atoms with Crippen molar-refractivity contribution in [2.75, 3.05) is 48.1 Å². The minimum absolute atomic E-state index is 0. The molecule has 0 aliphatic carbocycles. The minimum atomic E-state index is 0. The lowest BCUT2D eigenvalue weighted by atomic mass is 9.72. The molecule has 0 radical (unpaired) electrons. The number of piperidine rings is 1. The predicted octanol–water partition coefficient (Wildman–Crippen LogP) is 4.12. The summed E-state index contributed by atoms with van der Waals surface area (Å²) >= 11 is 0. The van der Waals surface area contributed by atoms with Crippen LogP contribution in [0.4, 0.5) is 0 Å². The highest BCUT2D eigenvalue weighted by Gasteiger charge is 2.40. The van der Waals surface area contributed by atoms with Gasteiger partial charge in [-0.1, -0.05) is 13.3 Å². The van der Waals surface area contributed by atoms with Gasteiger partial charge in [-0.2, -0.15) is 0 Å². The molecular formula is C29H42N2O5. The summed E-state index contributed by atoms with van der Waals surface area (Å²) in [5, 5.41) is 3.83. The SMILES string of the molecule is CC[C@H]1CN2CCc3cc(OC)c(OC)cc3[C@@H]2C[C@@H]1C[C@H]1NCCc2cc(OC)c(OC)cc21.O. The smallest absolute Gasteiger partial charge is 0.161 e. The summed E-state index contributed by atoms with van der Waals surface area (Å²) in [6.07, 6.45) is 5.65. The largest absolute Gasteiger partial charge is 0.493 e. The lowest BCUT2D eigenvalue weighted by Gasteiger charge is -2.48. The topological polar surface area (TPSA) is 83.7 Å². The van der Waals surface area contributed by atoms with Crippen molar-refractivity contribution >= 4 is 0 Å². The molecule has 3 heterocycles. The number of fused-ring (bicyclic) bond motifs is 4. The molecule has 0 bridgehead atoms. The molecule has 2 aromatic carbocycles. The molecule has 3 aliphatic heterocycles. The Hall–Kier alpha value is -2.48. The van der Waals surface area contributed by atoms with E-state index in [0.717, 1.165) is 55.4 Å². The second-order valence-electron chi connectivity index (χ2n) is 10.2. The Morgan fingerprint density at radius 2 is 1.39 bits per heavy atom. The summed E-state index contributed by atoms with van der Waals surface area (Å²) in [6, 6.07) is 9.61. The maximum Gasteiger partial charge on any atom is 0.161 e. The van der Waals surface area contributed by atoms with Gasteiger partial charge in [-0.05, 0) is 90.6 Å². The van der Waals surface area contributed by atoms with Gasteiger partial charge >= 0.3 is 0 Å². The summed E-state index contributed by atoms with van der Waals surface area (Å²) in [4.78, 5) is 2.72. The summed E-state index contributed by atoms with van der Waals surface area (Å²) in [6.45, 7) is 5.66. The Kier molecular flexibility index (Phi) is 8.33. The standard InChI is InChI=1S/C29H40N2O4.H2O/c1-6-18-17-31-10-8-20-14-27(33-3)29(35-5)16-23(20)25(31)12-21(18)11-24-22-15-28(34-4)26(32-2)13-19(22)7-9-30-24;/h13-16,18,21,24-25,30H,6-12,17H2,1-5H3;1H2/t18-,21-,24+,25-;/m0./s1. The first-order valence-electron chi connectivity index (χ1n) is 13.1. The molecule has 0 saturated carbocycles. The van der Waals surface area contributed by atoms with Crippen LogP contribution in [0, 0.1) is 11.8 Å². The highest BCUT2D eigenvalue weighted by atomic mass is 16.5. The molecule has 1 saturated heterocycles. The molecule has 1 fully saturated rings. The van der Waals surface area contributed by atoms with Crippen molar-refractivity contribution in [2.24, 2.45) is 11.8 Å². The maximum atomic E-state index is 5.68. The van der Waals surface area contributed by atoms with Crippen molar-refractivity contribution in [3.8, 4) is 23.0 Å². The zero-order chi connectivity index (χ0) is 24.5. The zero-order valence-corrected chi connectivity index (χ0v) is 22.4. The third-order valence-corrected chi connectivity index (χ3v) is 8.64. The first-order chi connectivity index (χ1) is 17.1. The molecule has 3 aliphatic rings. The number of nitrogens with zero attached hydrogens (tertiary/aromatic N) is 1. The molecular weight excluding hydrogens is 456 g/mol. The number of methoxy groups -OCH3 is 4. The van der Waals surface area contributed by atoms with Crippen LogP contribution in [0.25, 0.3) is 0 Å². The maximum absolute atomic E-state index is 5.68. The fourth-order valence-electron chi connectivity index (χ4n) is 6.74. The highest BCUT2D eigenvalue weighted by Crippen LogP contribution is 2.48. The first kappa shape index (κ1) is 26.6. The van der Waals surface area contributed by atoms with Crippen LogP contribution in [0.5, 0.6) is 23.0 Å². The molecule has 0 amide bonds. The van der Waals surface area contributed by atoms with E-state index >= 15 is 0 Å². The van der Waals surface area contributed by atoms with Crippen molar-refractivity contribution in [2.45, 2.75) is 51.1 Å². The third kappa shape index (κ3) is 4.76. The van der Waals surface area contributed by atoms with Crippen LogP contribution in [0.15, 0.2) is 24.3 Å². The van der Waals surface area contributed by atoms with Crippen LogP contribution in [-0.2, 0) is 12.8 Å². The van der Waals surface area contributed by atoms with Crippen molar-refractivity contribution in [3.63, 3.8) is 0 Å². The third-order valence-electron chi connectivity index (χ3n) is 8.64. The van der Waals surface area contributed by atoms with E-state index in [2.05, 4.69) is 41.4 Å². The van der Waals surface area contributed by atoms with Gasteiger partial charge in [-0.25, -0.2) is 0 Å². The second-order valence-corrected chi connectivity index (χ2v) is 10.2. The van der Waals surface area contributed by atoms with E-state index in [0.29, 0.717) is 23.9 Å². The van der Waals surface area contributed by atoms with Crippen LogP contribution in [0.1, 0.15) is 60.5 Å². The lowest BCUT2D eigenvalue weighted by molar-refractivity contribution is 0.0434. The highest BCUT2D eigenvalue weighted by molar-refractivity contribution is 5.50. The molecule has 36 heavy (non-hydrogen) atoms. The van der Waals surface area contributed by atoms with Gasteiger partial charge in [0.25, 0.3) is 0 Å². The van der Waals surface area contributed by atoms with Gasteiger partial charge in [0.05, 0.1) is 28.4 Å². The first-order valence-corrected chi connectivity index (χ1v) is 13.1. The Bertz CT molecular complexity index is 1060. The number of hydrogen-bond acceptors (Lipinski definition) is 6. The number of ether oxygens (including phenoxy) is 4. The average Bonchev–Trinajstić information content (AvgIpc) is 2.91. The van der Waals surface area contributed by atoms with Crippen LogP contribution in [0.3, 0.4) is 0 Å². The van der Waals surface area contributed by atoms with Gasteiger partial charge in [0.2, 0.25) is 0 Å². The van der Waals surface area contributed by atoms with Crippen LogP contribution >= 0.6 is 0 Å². The molecule has 198 valence electrons. The summed E-state index contributed by atoms with van der Waals surface area (Å²) in [5.41, 5.74) is 5.60. The Balaban J connectivity index is 0.00000304. The minimum Gasteiger partial charge on any atom is -0.493 e. The summed E-state index contributed by atoms with van der Waals surface area (Å²) in [7, 11) is 6.90. The van der Waals surface area contributed by atoms with Gasteiger partial charge < -0.3 is 29.7 Å². The molecule has 5 rings (SSSR count). The van der Waals surface area contributed by atoms with Gasteiger partial charge in [0, 0.05) is 25.2 Å². The number of benzene rings is 2. The van der Waals surface area contributed by atoms with E-state index in [1.807, 2.05) is 0 Å². The second kappa shape index (κ2) is 11.3. The van der Waals surface area contributed by atoms with E-state index in [4.69, 9.17) is 18.9 Å². The van der Waals surface area contributed by atoms with Gasteiger partial charge in [-0.3, -0.25) is 4.90 Å². The monoisotopic (exact) mass is 498 g/mol. The van der Waals surface area contributed by atoms with E-state index in [1.54, 1.807) is 28.4 Å². The molecule has 7 nitrogen and oxygen atoms in total. The zero-order valence-electron chi connectivity index (χ0n) is 22.4. The molecule has 0 aromatic heterocycles. The van der Waals surface area contributed by atoms with E-state index in [1.165, 1.54) is 41.6 Å². The van der Waals surface area contributed by atoms with Crippen LogP contribution < -0.4 is 24.3 Å². The quantitative estimate of drug-likeness (QED) is 0.618. The fourth-order valence-corrected chi connectivity index (χ4v) is 6.74. The molecule has 7 heteroatoms. The van der Waals surface area contributed by atoms with Crippen molar-refractivity contribution in [1.82, 2.24) is 10.2 Å². The Morgan fingerprint density at radius 3 is 2.00 bits per heavy atom. The molecule has 3 N–H and O–H groups in total. The van der Waals surface area contributed by atoms with E-state index in [-0.39, 0.29) is 5.48 Å². The normalized spacial score (nSPS) is 25.0. The summed E-state index contributed by atoms with van der Waals surface area (Å²) in [5.74, 6) is 4.69. The van der Waals surface area contributed by atoms with Crippen LogP contribution in [0.2, 0.25) is 0 Å². The lowest BCUT2D eigenvalue weighted by Crippen LogP contribution is -2.46. The van der Waals surface area contributed by atoms with E-state index in [9.17, 15) is 0 Å². The van der Waals surface area contributed by atoms with Gasteiger partial charge in [0.1, 0.15) is 0 Å². The Labute approximate surface area is 215 Å². The predicted molar refractivity (Wildman–Crippen MR) is 142 cm³/mol. The molecule has 0 spiro atoms. The number of nitrogens with one attached hydrogen (secondary N) is 1. The number of hydrogen-bond donors (Lipinski definition) is 1. The van der Waals surface area contributed by atoms with Crippen molar-refractivity contribution < 1.29 is 24.4 Å². The van der Waals surface area contributed by atoms with Crippen molar-refractivity contribution in [1.29, 1.82) is 0 Å². The Morgan fingerprint density at radius 1 is 0.806 bits per heavy atom. The van der Waals surface area contributed by atoms with Crippen molar-refractivity contribution in [3.05, 3.63) is 46.5 Å². The molecule has 2 aromatic rings.